The second-order valence-electron chi connectivity index (χ2n) is 5.79. The molecule has 0 saturated carbocycles. The summed E-state index contributed by atoms with van der Waals surface area (Å²) in [5, 5.41) is 3.35. The van der Waals surface area contributed by atoms with Crippen LogP contribution in [0.5, 0.6) is 0 Å². The Morgan fingerprint density at radius 2 is 1.14 bits per heavy atom. The maximum absolute atomic E-state index is 13.6. The molecule has 29 heavy (non-hydrogen) atoms. The molecule has 1 aliphatic rings. The molecule has 4 nitrogen and oxygen atoms in total. The average Bonchev–Trinajstić information content (AvgIpc) is 2.68. The largest absolute Gasteiger partial charge is 0.288 e. The molecule has 0 heterocycles. The van der Waals surface area contributed by atoms with E-state index in [1.807, 2.05) is 0 Å². The molecule has 0 radical (unpaired) electrons. The molecule has 0 atom stereocenters. The first-order valence-corrected chi connectivity index (χ1v) is 9.04. The van der Waals surface area contributed by atoms with Crippen molar-refractivity contribution in [1.82, 2.24) is 0 Å². The minimum Gasteiger partial charge on any atom is -0.288 e. The predicted molar refractivity (Wildman–Crippen MR) is 107 cm³/mol. The van der Waals surface area contributed by atoms with Crippen molar-refractivity contribution in [3.8, 4) is 0 Å². The van der Waals surface area contributed by atoms with Crippen LogP contribution in [0.25, 0.3) is 0 Å². The molecule has 0 amide bonds. The molecule has 3 aromatic rings. The van der Waals surface area contributed by atoms with E-state index >= 15 is 0 Å². The zero-order chi connectivity index (χ0) is 21.3. The highest BCUT2D eigenvalue weighted by Gasteiger charge is 2.34. The molecule has 0 bridgehead atoms. The number of benzene rings is 3. The van der Waals surface area contributed by atoms with Crippen molar-refractivity contribution in [3.63, 3.8) is 0 Å². The summed E-state index contributed by atoms with van der Waals surface area (Å²) in [7, 11) is 0. The van der Waals surface area contributed by atoms with E-state index in [1.165, 1.54) is 24.3 Å². The Morgan fingerprint density at radius 3 is 1.52 bits per heavy atom. The molecule has 0 spiro atoms. The Balaban J connectivity index is 0.000000188. The maximum atomic E-state index is 13.6. The van der Waals surface area contributed by atoms with Crippen molar-refractivity contribution in [2.75, 3.05) is 0 Å². The number of ketones is 2. The van der Waals surface area contributed by atoms with E-state index in [2.05, 4.69) is 5.18 Å². The summed E-state index contributed by atoms with van der Waals surface area (Å²) in [6.07, 6.45) is 0. The third kappa shape index (κ3) is 3.92. The van der Waals surface area contributed by atoms with Crippen molar-refractivity contribution in [2.24, 2.45) is 5.18 Å². The molecule has 0 aliphatic heterocycles. The van der Waals surface area contributed by atoms with E-state index in [9.17, 15) is 23.3 Å². The summed E-state index contributed by atoms with van der Waals surface area (Å²) >= 11 is 16.7. The minimum atomic E-state index is -0.876. The minimum absolute atomic E-state index is 0.0257. The standard InChI is InChI=1S/C14H6F2O2.C6H2Cl3NO/c15-9-5-6-10(16)12-11(9)13(17)7-3-1-2-4-8(7)14(12)18;7-3-1-4(8)6(10-11)5(9)2-3/h1-6H;1-2H. The summed E-state index contributed by atoms with van der Waals surface area (Å²) in [4.78, 5) is 34.2. The Labute approximate surface area is 178 Å². The van der Waals surface area contributed by atoms with Gasteiger partial charge >= 0.3 is 0 Å². The smallest absolute Gasteiger partial charge is 0.197 e. The average molecular weight is 455 g/mol. The van der Waals surface area contributed by atoms with Crippen LogP contribution in [0.1, 0.15) is 31.8 Å². The fourth-order valence-electron chi connectivity index (χ4n) is 2.77. The second-order valence-corrected chi connectivity index (χ2v) is 7.04. The van der Waals surface area contributed by atoms with Gasteiger partial charge in [0.15, 0.2) is 11.6 Å². The van der Waals surface area contributed by atoms with Crippen LogP contribution in [0, 0.1) is 16.5 Å². The second kappa shape index (κ2) is 8.37. The van der Waals surface area contributed by atoms with Gasteiger partial charge < -0.3 is 0 Å². The van der Waals surface area contributed by atoms with Crippen molar-refractivity contribution >= 4 is 52.1 Å². The fourth-order valence-corrected chi connectivity index (χ4v) is 3.65. The summed E-state index contributed by atoms with van der Waals surface area (Å²) < 4.78 is 27.3. The quantitative estimate of drug-likeness (QED) is 0.298. The van der Waals surface area contributed by atoms with E-state index in [-0.39, 0.29) is 26.9 Å². The normalized spacial score (nSPS) is 11.9. The van der Waals surface area contributed by atoms with Crippen LogP contribution in [0.4, 0.5) is 14.5 Å². The van der Waals surface area contributed by atoms with Crippen LogP contribution in [-0.2, 0) is 0 Å². The zero-order valence-electron chi connectivity index (χ0n) is 14.2. The van der Waals surface area contributed by atoms with Crippen LogP contribution in [0.3, 0.4) is 0 Å². The summed E-state index contributed by atoms with van der Waals surface area (Å²) in [6.45, 7) is 0. The Morgan fingerprint density at radius 1 is 0.724 bits per heavy atom. The third-order valence-corrected chi connectivity index (χ3v) is 4.84. The lowest BCUT2D eigenvalue weighted by atomic mass is 9.83. The third-order valence-electron chi connectivity index (χ3n) is 4.05. The Kier molecular flexibility index (Phi) is 6.07. The van der Waals surface area contributed by atoms with Gasteiger partial charge in [0, 0.05) is 16.1 Å². The maximum Gasteiger partial charge on any atom is 0.197 e. The van der Waals surface area contributed by atoms with Crippen LogP contribution in [0.15, 0.2) is 53.7 Å². The molecule has 3 aromatic carbocycles. The number of carbonyl (C=O) groups excluding carboxylic acids is 2. The van der Waals surface area contributed by atoms with Gasteiger partial charge in [0.05, 0.1) is 21.2 Å². The van der Waals surface area contributed by atoms with E-state index in [0.717, 1.165) is 12.1 Å². The van der Waals surface area contributed by atoms with Crippen LogP contribution >= 0.6 is 34.8 Å². The van der Waals surface area contributed by atoms with Crippen LogP contribution < -0.4 is 0 Å². The van der Waals surface area contributed by atoms with Crippen molar-refractivity contribution < 1.29 is 18.4 Å². The van der Waals surface area contributed by atoms with Crippen LogP contribution in [0.2, 0.25) is 15.1 Å². The van der Waals surface area contributed by atoms with Gasteiger partial charge in [-0.15, -0.1) is 4.91 Å². The number of nitrogens with zero attached hydrogens (tertiary/aromatic N) is 1. The first-order chi connectivity index (χ1) is 13.8. The van der Waals surface area contributed by atoms with Gasteiger partial charge in [-0.2, -0.15) is 0 Å². The van der Waals surface area contributed by atoms with E-state index in [0.29, 0.717) is 5.02 Å². The molecule has 9 heteroatoms. The van der Waals surface area contributed by atoms with Crippen molar-refractivity contribution in [3.05, 3.63) is 102 Å². The summed E-state index contributed by atoms with van der Waals surface area (Å²) in [6, 6.07) is 10.5. The molecule has 4 rings (SSSR count). The molecule has 0 fully saturated rings. The van der Waals surface area contributed by atoms with Gasteiger partial charge in [-0.25, -0.2) is 8.78 Å². The first kappa shape index (κ1) is 21.0. The fraction of sp³-hybridized carbons (Fsp3) is 0. The number of hydrogen-bond acceptors (Lipinski definition) is 4. The molecular formula is C20H8Cl3F2NO3. The topological polar surface area (TPSA) is 63.6 Å². The number of fused-ring (bicyclic) bond motifs is 2. The highest BCUT2D eigenvalue weighted by atomic mass is 35.5. The number of carbonyl (C=O) groups is 2. The summed E-state index contributed by atoms with van der Waals surface area (Å²) in [5.74, 6) is -3.06. The van der Waals surface area contributed by atoms with E-state index < -0.39 is 34.3 Å². The lowest BCUT2D eigenvalue weighted by molar-refractivity contribution is 0.0972. The molecule has 1 aliphatic carbocycles. The molecule has 0 saturated heterocycles. The van der Waals surface area contributed by atoms with Gasteiger partial charge in [0.2, 0.25) is 0 Å². The van der Waals surface area contributed by atoms with E-state index in [1.54, 1.807) is 12.1 Å². The zero-order valence-corrected chi connectivity index (χ0v) is 16.4. The Bertz CT molecular complexity index is 1100. The van der Waals surface area contributed by atoms with Gasteiger partial charge in [-0.1, -0.05) is 59.1 Å². The van der Waals surface area contributed by atoms with E-state index in [4.69, 9.17) is 34.8 Å². The molecular weight excluding hydrogens is 447 g/mol. The van der Waals surface area contributed by atoms with Crippen molar-refractivity contribution in [2.45, 2.75) is 0 Å². The van der Waals surface area contributed by atoms with Gasteiger partial charge in [0.1, 0.15) is 17.3 Å². The van der Waals surface area contributed by atoms with Gasteiger partial charge in [-0.05, 0) is 29.4 Å². The summed E-state index contributed by atoms with van der Waals surface area (Å²) in [5.41, 5.74) is -0.700. The Hall–Kier alpha value is -2.67. The number of halogens is 5. The SMILES string of the molecule is O=C1c2ccccc2C(=O)c2c(F)ccc(F)c21.O=Nc1c(Cl)cc(Cl)cc1Cl. The predicted octanol–water partition coefficient (Wildman–Crippen LogP) is 6.78. The number of nitroso groups, excluding NO2 is 1. The molecule has 0 unspecified atom stereocenters. The number of hydrogen-bond donors (Lipinski definition) is 0. The first-order valence-electron chi connectivity index (χ1n) is 7.90. The highest BCUT2D eigenvalue weighted by Crippen LogP contribution is 2.35. The van der Waals surface area contributed by atoms with Gasteiger partial charge in [0.25, 0.3) is 0 Å². The molecule has 0 aromatic heterocycles. The highest BCUT2D eigenvalue weighted by molar-refractivity contribution is 6.41. The van der Waals surface area contributed by atoms with Gasteiger partial charge in [-0.3, -0.25) is 9.59 Å². The van der Waals surface area contributed by atoms with Crippen LogP contribution in [-0.4, -0.2) is 11.6 Å². The van der Waals surface area contributed by atoms with Crippen molar-refractivity contribution in [1.29, 1.82) is 0 Å². The lowest BCUT2D eigenvalue weighted by Gasteiger charge is -2.17. The molecule has 146 valence electrons. The molecule has 0 N–H and O–H groups in total. The number of rotatable bonds is 1. The lowest BCUT2D eigenvalue weighted by Crippen LogP contribution is -2.23. The monoisotopic (exact) mass is 453 g/mol.